The molecule has 5 nitrogen and oxygen atoms in total. The zero-order valence-electron chi connectivity index (χ0n) is 11.8. The van der Waals surface area contributed by atoms with E-state index in [9.17, 15) is 0 Å². The second-order valence-electron chi connectivity index (χ2n) is 5.71. The third-order valence-corrected chi connectivity index (χ3v) is 3.87. The predicted octanol–water partition coefficient (Wildman–Crippen LogP) is 2.54. The van der Waals surface area contributed by atoms with Crippen molar-refractivity contribution >= 4 is 17.3 Å². The van der Waals surface area contributed by atoms with Crippen molar-refractivity contribution in [3.05, 3.63) is 18.6 Å². The van der Waals surface area contributed by atoms with E-state index in [0.717, 1.165) is 30.4 Å². The van der Waals surface area contributed by atoms with Gasteiger partial charge in [-0.2, -0.15) is 0 Å². The molecule has 1 fully saturated rings. The van der Waals surface area contributed by atoms with Crippen LogP contribution in [-0.2, 0) is 0 Å². The molecule has 0 bridgehead atoms. The second-order valence-corrected chi connectivity index (χ2v) is 5.71. The Hall–Kier alpha value is -1.78. The molecule has 2 aromatic rings. The number of aromatic nitrogens is 3. The number of nitrogens with zero attached hydrogens (tertiary/aromatic N) is 4. The number of rotatable bonds is 3. The standard InChI is InChI=1S/C14H21N5/c1-4-15-11-10-18-9-7-16-12(18)13(17-11)19-8-5-6-14(19,2)3/h7,9-10,15H,4-6,8H2,1-3H3. The van der Waals surface area contributed by atoms with Gasteiger partial charge in [-0.1, -0.05) is 0 Å². The molecule has 102 valence electrons. The van der Waals surface area contributed by atoms with Crippen molar-refractivity contribution in [3.63, 3.8) is 0 Å². The van der Waals surface area contributed by atoms with Crippen molar-refractivity contribution in [1.29, 1.82) is 0 Å². The summed E-state index contributed by atoms with van der Waals surface area (Å²) in [6, 6.07) is 0. The molecule has 19 heavy (non-hydrogen) atoms. The van der Waals surface area contributed by atoms with Crippen molar-refractivity contribution in [3.8, 4) is 0 Å². The average Bonchev–Trinajstić information content (AvgIpc) is 2.94. The third-order valence-electron chi connectivity index (χ3n) is 3.87. The SMILES string of the molecule is CCNc1cn2ccnc2c(N2CCCC2(C)C)n1. The van der Waals surface area contributed by atoms with E-state index >= 15 is 0 Å². The lowest BCUT2D eigenvalue weighted by atomic mass is 10.0. The molecule has 0 spiro atoms. The van der Waals surface area contributed by atoms with Gasteiger partial charge >= 0.3 is 0 Å². The fourth-order valence-electron chi connectivity index (χ4n) is 2.86. The molecular formula is C14H21N5. The van der Waals surface area contributed by atoms with Crippen LogP contribution in [0.1, 0.15) is 33.6 Å². The number of hydrogen-bond donors (Lipinski definition) is 1. The van der Waals surface area contributed by atoms with Gasteiger partial charge in [-0.3, -0.25) is 0 Å². The van der Waals surface area contributed by atoms with Gasteiger partial charge in [0, 0.05) is 31.0 Å². The quantitative estimate of drug-likeness (QED) is 0.920. The molecule has 0 amide bonds. The van der Waals surface area contributed by atoms with E-state index in [1.807, 2.05) is 18.6 Å². The Kier molecular flexibility index (Phi) is 2.84. The Labute approximate surface area is 113 Å². The van der Waals surface area contributed by atoms with Gasteiger partial charge < -0.3 is 14.6 Å². The zero-order valence-corrected chi connectivity index (χ0v) is 11.8. The molecule has 0 aliphatic carbocycles. The molecule has 0 saturated carbocycles. The van der Waals surface area contributed by atoms with Crippen molar-refractivity contribution in [1.82, 2.24) is 14.4 Å². The van der Waals surface area contributed by atoms with Crippen molar-refractivity contribution in [2.24, 2.45) is 0 Å². The number of imidazole rings is 1. The van der Waals surface area contributed by atoms with Crippen LogP contribution in [0.15, 0.2) is 18.6 Å². The number of fused-ring (bicyclic) bond motifs is 1. The Morgan fingerprint density at radius 3 is 2.95 bits per heavy atom. The van der Waals surface area contributed by atoms with Crippen LogP contribution in [0, 0.1) is 0 Å². The maximum absolute atomic E-state index is 4.77. The van der Waals surface area contributed by atoms with Crippen molar-refractivity contribution < 1.29 is 0 Å². The van der Waals surface area contributed by atoms with Gasteiger partial charge in [0.2, 0.25) is 0 Å². The van der Waals surface area contributed by atoms with Crippen LogP contribution in [0.25, 0.3) is 5.65 Å². The summed E-state index contributed by atoms with van der Waals surface area (Å²) in [5.41, 5.74) is 1.10. The number of hydrogen-bond acceptors (Lipinski definition) is 4. The van der Waals surface area contributed by atoms with E-state index in [-0.39, 0.29) is 5.54 Å². The highest BCUT2D eigenvalue weighted by Crippen LogP contribution is 2.34. The van der Waals surface area contributed by atoms with Gasteiger partial charge in [-0.15, -0.1) is 0 Å². The topological polar surface area (TPSA) is 45.5 Å². The summed E-state index contributed by atoms with van der Waals surface area (Å²) in [5, 5.41) is 3.29. The van der Waals surface area contributed by atoms with E-state index in [1.165, 1.54) is 12.8 Å². The molecular weight excluding hydrogens is 238 g/mol. The first-order chi connectivity index (χ1) is 9.12. The molecule has 1 N–H and O–H groups in total. The molecule has 5 heteroatoms. The van der Waals surface area contributed by atoms with Crippen LogP contribution in [-0.4, -0.2) is 33.0 Å². The first kappa shape index (κ1) is 12.3. The summed E-state index contributed by atoms with van der Waals surface area (Å²) in [6.07, 6.45) is 8.22. The molecule has 1 aliphatic rings. The highest BCUT2D eigenvalue weighted by molar-refractivity contribution is 5.68. The van der Waals surface area contributed by atoms with E-state index in [0.29, 0.717) is 0 Å². The lowest BCUT2D eigenvalue weighted by molar-refractivity contribution is 0.515. The molecule has 3 heterocycles. The monoisotopic (exact) mass is 259 g/mol. The highest BCUT2D eigenvalue weighted by Gasteiger charge is 2.34. The lowest BCUT2D eigenvalue weighted by Crippen LogP contribution is -2.39. The number of nitrogens with one attached hydrogen (secondary N) is 1. The van der Waals surface area contributed by atoms with Gasteiger partial charge in [0.15, 0.2) is 11.5 Å². The summed E-state index contributed by atoms with van der Waals surface area (Å²) in [7, 11) is 0. The minimum absolute atomic E-state index is 0.157. The van der Waals surface area contributed by atoms with Crippen LogP contribution in [0.5, 0.6) is 0 Å². The minimum atomic E-state index is 0.157. The van der Waals surface area contributed by atoms with E-state index < -0.39 is 0 Å². The van der Waals surface area contributed by atoms with Gasteiger partial charge in [0.25, 0.3) is 0 Å². The Morgan fingerprint density at radius 1 is 1.42 bits per heavy atom. The Morgan fingerprint density at radius 2 is 2.26 bits per heavy atom. The van der Waals surface area contributed by atoms with Crippen LogP contribution >= 0.6 is 0 Å². The van der Waals surface area contributed by atoms with Crippen molar-refractivity contribution in [2.45, 2.75) is 39.2 Å². The fourth-order valence-corrected chi connectivity index (χ4v) is 2.86. The molecule has 0 unspecified atom stereocenters. The average molecular weight is 259 g/mol. The normalized spacial score (nSPS) is 18.2. The smallest absolute Gasteiger partial charge is 0.180 e. The molecule has 0 radical (unpaired) electrons. The van der Waals surface area contributed by atoms with Crippen LogP contribution in [0.3, 0.4) is 0 Å². The van der Waals surface area contributed by atoms with Gasteiger partial charge in [0.05, 0.1) is 6.20 Å². The summed E-state index contributed by atoms with van der Waals surface area (Å²) in [5.74, 6) is 1.90. The zero-order chi connectivity index (χ0) is 13.5. The third kappa shape index (κ3) is 2.03. The predicted molar refractivity (Wildman–Crippen MR) is 77.8 cm³/mol. The van der Waals surface area contributed by atoms with E-state index in [4.69, 9.17) is 4.98 Å². The lowest BCUT2D eigenvalue weighted by Gasteiger charge is -2.32. The van der Waals surface area contributed by atoms with E-state index in [2.05, 4.69) is 40.4 Å². The van der Waals surface area contributed by atoms with Gasteiger partial charge in [0.1, 0.15) is 5.82 Å². The van der Waals surface area contributed by atoms with E-state index in [1.54, 1.807) is 0 Å². The molecule has 1 saturated heterocycles. The van der Waals surface area contributed by atoms with Crippen molar-refractivity contribution in [2.75, 3.05) is 23.3 Å². The van der Waals surface area contributed by atoms with Crippen LogP contribution < -0.4 is 10.2 Å². The first-order valence-corrected chi connectivity index (χ1v) is 6.97. The second kappa shape index (κ2) is 4.40. The largest absolute Gasteiger partial charge is 0.369 e. The number of anilines is 2. The first-order valence-electron chi connectivity index (χ1n) is 6.97. The van der Waals surface area contributed by atoms with Crippen LogP contribution in [0.4, 0.5) is 11.6 Å². The highest BCUT2D eigenvalue weighted by atomic mass is 15.3. The Balaban J connectivity index is 2.13. The molecule has 1 aliphatic heterocycles. The Bertz CT molecular complexity index is 587. The molecule has 2 aromatic heterocycles. The van der Waals surface area contributed by atoms with Gasteiger partial charge in [-0.25, -0.2) is 9.97 Å². The minimum Gasteiger partial charge on any atom is -0.369 e. The maximum Gasteiger partial charge on any atom is 0.180 e. The van der Waals surface area contributed by atoms with Gasteiger partial charge in [-0.05, 0) is 33.6 Å². The summed E-state index contributed by atoms with van der Waals surface area (Å²) in [4.78, 5) is 11.6. The summed E-state index contributed by atoms with van der Waals surface area (Å²) >= 11 is 0. The molecule has 0 aromatic carbocycles. The molecule has 3 rings (SSSR count). The maximum atomic E-state index is 4.77. The molecule has 0 atom stereocenters. The fraction of sp³-hybridized carbons (Fsp3) is 0.571. The summed E-state index contributed by atoms with van der Waals surface area (Å²) in [6.45, 7) is 8.56. The summed E-state index contributed by atoms with van der Waals surface area (Å²) < 4.78 is 2.05. The van der Waals surface area contributed by atoms with Crippen LogP contribution in [0.2, 0.25) is 0 Å².